The molecule has 0 radical (unpaired) electrons. The van der Waals surface area contributed by atoms with Crippen LogP contribution in [0.3, 0.4) is 0 Å². The normalized spacial score (nSPS) is 33.7. The molecule has 0 saturated carbocycles. The molecule has 0 aromatic carbocycles. The van der Waals surface area contributed by atoms with E-state index in [9.17, 15) is 8.42 Å². The van der Waals surface area contributed by atoms with Gasteiger partial charge in [0.15, 0.2) is 9.84 Å². The zero-order valence-corrected chi connectivity index (χ0v) is 13.7. The van der Waals surface area contributed by atoms with Gasteiger partial charge in [-0.05, 0) is 24.8 Å². The fourth-order valence-electron chi connectivity index (χ4n) is 3.37. The summed E-state index contributed by atoms with van der Waals surface area (Å²) in [6.45, 7) is 6.19. The summed E-state index contributed by atoms with van der Waals surface area (Å²) < 4.78 is 23.9. The summed E-state index contributed by atoms with van der Waals surface area (Å²) in [6.07, 6.45) is 4.94. The van der Waals surface area contributed by atoms with Gasteiger partial charge in [-0.25, -0.2) is 8.42 Å². The van der Waals surface area contributed by atoms with Crippen molar-refractivity contribution in [2.75, 3.05) is 43.9 Å². The third kappa shape index (κ3) is 3.86. The molecule has 19 heavy (non-hydrogen) atoms. The van der Waals surface area contributed by atoms with Gasteiger partial charge in [0, 0.05) is 37.4 Å². The molecule has 0 spiro atoms. The highest BCUT2D eigenvalue weighted by molar-refractivity contribution is 8.00. The van der Waals surface area contributed by atoms with Crippen molar-refractivity contribution in [2.45, 2.75) is 31.6 Å². The number of sulfone groups is 1. The van der Waals surface area contributed by atoms with E-state index in [2.05, 4.69) is 17.1 Å². The fraction of sp³-hybridized carbons (Fsp3) is 1.00. The van der Waals surface area contributed by atoms with Crippen LogP contribution in [0.25, 0.3) is 0 Å². The van der Waals surface area contributed by atoms with E-state index in [1.807, 2.05) is 0 Å². The molecule has 0 aromatic rings. The highest BCUT2D eigenvalue weighted by atomic mass is 32.2. The van der Waals surface area contributed by atoms with Crippen molar-refractivity contribution in [3.8, 4) is 0 Å². The van der Waals surface area contributed by atoms with Gasteiger partial charge in [-0.3, -0.25) is 4.90 Å². The predicted molar refractivity (Wildman–Crippen MR) is 82.4 cm³/mol. The van der Waals surface area contributed by atoms with Crippen LogP contribution in [0.4, 0.5) is 0 Å². The zero-order chi connectivity index (χ0) is 13.9. The van der Waals surface area contributed by atoms with Crippen LogP contribution < -0.4 is 5.32 Å². The number of rotatable bonds is 5. The molecule has 2 fully saturated rings. The van der Waals surface area contributed by atoms with Crippen LogP contribution in [-0.4, -0.2) is 62.6 Å². The summed E-state index contributed by atoms with van der Waals surface area (Å²) in [5.74, 6) is 1.79. The highest BCUT2D eigenvalue weighted by Gasteiger charge is 2.39. The van der Waals surface area contributed by atoms with E-state index in [4.69, 9.17) is 0 Å². The number of nitrogens with zero attached hydrogens (tertiary/aromatic N) is 1. The average molecular weight is 306 g/mol. The summed E-state index contributed by atoms with van der Waals surface area (Å²) in [5, 5.41) is 3.18. The van der Waals surface area contributed by atoms with Crippen LogP contribution in [0.2, 0.25) is 0 Å². The molecule has 0 bridgehead atoms. The van der Waals surface area contributed by atoms with Gasteiger partial charge in [-0.2, -0.15) is 11.8 Å². The molecular weight excluding hydrogens is 280 g/mol. The Kier molecular flexibility index (Phi) is 5.20. The van der Waals surface area contributed by atoms with Crippen LogP contribution in [0.5, 0.6) is 0 Å². The standard InChI is InChI=1S/C13H26N2O2S2/c1-3-4-13(5-6-14-10-13)11-15-7-8-18-9-12(15)19(2,16)17/h12,14H,3-11H2,1-2H3. The molecule has 0 aromatic heterocycles. The maximum atomic E-state index is 12.0. The zero-order valence-electron chi connectivity index (χ0n) is 12.0. The molecule has 0 amide bonds. The van der Waals surface area contributed by atoms with Crippen molar-refractivity contribution in [2.24, 2.45) is 5.41 Å². The summed E-state index contributed by atoms with van der Waals surface area (Å²) in [5.41, 5.74) is 0.291. The molecule has 2 unspecified atom stereocenters. The maximum absolute atomic E-state index is 12.0. The minimum atomic E-state index is -2.97. The van der Waals surface area contributed by atoms with E-state index < -0.39 is 9.84 Å². The van der Waals surface area contributed by atoms with Crippen LogP contribution in [0.1, 0.15) is 26.2 Å². The second-order valence-corrected chi connectivity index (χ2v) is 9.36. The van der Waals surface area contributed by atoms with Crippen molar-refractivity contribution in [1.82, 2.24) is 10.2 Å². The van der Waals surface area contributed by atoms with Crippen molar-refractivity contribution in [3.05, 3.63) is 0 Å². The number of hydrogen-bond donors (Lipinski definition) is 1. The molecule has 6 heteroatoms. The lowest BCUT2D eigenvalue weighted by atomic mass is 9.82. The van der Waals surface area contributed by atoms with Crippen LogP contribution in [-0.2, 0) is 9.84 Å². The molecule has 0 aliphatic carbocycles. The van der Waals surface area contributed by atoms with Crippen molar-refractivity contribution in [1.29, 1.82) is 0 Å². The second kappa shape index (κ2) is 6.33. The second-order valence-electron chi connectivity index (χ2n) is 6.01. The third-order valence-corrected chi connectivity index (χ3v) is 7.02. The molecule has 2 rings (SSSR count). The summed E-state index contributed by atoms with van der Waals surface area (Å²) >= 11 is 1.77. The molecule has 112 valence electrons. The van der Waals surface area contributed by atoms with Gasteiger partial charge in [0.1, 0.15) is 5.37 Å². The Bertz CT molecular complexity index is 391. The van der Waals surface area contributed by atoms with Gasteiger partial charge >= 0.3 is 0 Å². The lowest BCUT2D eigenvalue weighted by Gasteiger charge is -2.40. The Morgan fingerprint density at radius 1 is 1.47 bits per heavy atom. The third-order valence-electron chi connectivity index (χ3n) is 4.34. The highest BCUT2D eigenvalue weighted by Crippen LogP contribution is 2.34. The molecule has 2 aliphatic rings. The fourth-order valence-corrected chi connectivity index (χ4v) is 6.32. The smallest absolute Gasteiger partial charge is 0.164 e. The van der Waals surface area contributed by atoms with Gasteiger partial charge < -0.3 is 5.32 Å². The quantitative estimate of drug-likeness (QED) is 0.827. The summed E-state index contributed by atoms with van der Waals surface area (Å²) in [6, 6.07) is 0. The van der Waals surface area contributed by atoms with E-state index in [1.165, 1.54) is 25.5 Å². The predicted octanol–water partition coefficient (Wildman–Crippen LogP) is 1.19. The topological polar surface area (TPSA) is 49.4 Å². The van der Waals surface area contributed by atoms with Crippen LogP contribution in [0.15, 0.2) is 0 Å². The van der Waals surface area contributed by atoms with Crippen molar-refractivity contribution >= 4 is 21.6 Å². The first-order valence-corrected chi connectivity index (χ1v) is 10.3. The first kappa shape index (κ1) is 15.6. The number of hydrogen-bond acceptors (Lipinski definition) is 5. The van der Waals surface area contributed by atoms with Gasteiger partial charge in [0.2, 0.25) is 0 Å². The minimum absolute atomic E-state index is 0.277. The summed E-state index contributed by atoms with van der Waals surface area (Å²) in [4.78, 5) is 2.23. The van der Waals surface area contributed by atoms with E-state index in [0.29, 0.717) is 5.41 Å². The van der Waals surface area contributed by atoms with E-state index in [-0.39, 0.29) is 5.37 Å². The van der Waals surface area contributed by atoms with Crippen LogP contribution >= 0.6 is 11.8 Å². The average Bonchev–Trinajstić information content (AvgIpc) is 2.77. The largest absolute Gasteiger partial charge is 0.316 e. The lowest BCUT2D eigenvalue weighted by Crippen LogP contribution is -2.51. The van der Waals surface area contributed by atoms with Gasteiger partial charge in [-0.1, -0.05) is 13.3 Å². The Hall–Kier alpha value is 0.220. The van der Waals surface area contributed by atoms with Crippen LogP contribution in [0, 0.1) is 5.41 Å². The molecule has 2 atom stereocenters. The first-order chi connectivity index (χ1) is 8.97. The van der Waals surface area contributed by atoms with Gasteiger partial charge in [-0.15, -0.1) is 0 Å². The van der Waals surface area contributed by atoms with Gasteiger partial charge in [0.05, 0.1) is 0 Å². The van der Waals surface area contributed by atoms with E-state index in [1.54, 1.807) is 11.8 Å². The monoisotopic (exact) mass is 306 g/mol. The molecule has 1 N–H and O–H groups in total. The summed E-state index contributed by atoms with van der Waals surface area (Å²) in [7, 11) is -2.97. The molecule has 2 saturated heterocycles. The van der Waals surface area contributed by atoms with Crippen molar-refractivity contribution in [3.63, 3.8) is 0 Å². The van der Waals surface area contributed by atoms with Crippen molar-refractivity contribution < 1.29 is 8.42 Å². The van der Waals surface area contributed by atoms with E-state index in [0.717, 1.165) is 37.7 Å². The number of nitrogens with one attached hydrogen (secondary N) is 1. The Morgan fingerprint density at radius 3 is 2.84 bits per heavy atom. The molecule has 2 aliphatic heterocycles. The molecule has 2 heterocycles. The lowest BCUT2D eigenvalue weighted by molar-refractivity contribution is 0.149. The number of thioether (sulfide) groups is 1. The Morgan fingerprint density at radius 2 is 2.26 bits per heavy atom. The SMILES string of the molecule is CCCC1(CN2CCSCC2S(C)(=O)=O)CCNC1. The minimum Gasteiger partial charge on any atom is -0.316 e. The molecule has 4 nitrogen and oxygen atoms in total. The van der Waals surface area contributed by atoms with E-state index >= 15 is 0 Å². The molecular formula is C13H26N2O2S2. The van der Waals surface area contributed by atoms with Gasteiger partial charge in [0.25, 0.3) is 0 Å². The Balaban J connectivity index is 2.10. The first-order valence-electron chi connectivity index (χ1n) is 7.18. The maximum Gasteiger partial charge on any atom is 0.164 e. The Labute approximate surface area is 121 Å².